The highest BCUT2D eigenvalue weighted by Crippen LogP contribution is 2.45. The summed E-state index contributed by atoms with van der Waals surface area (Å²) < 4.78 is 0. The van der Waals surface area contributed by atoms with Crippen molar-refractivity contribution in [2.75, 3.05) is 5.32 Å². The molecule has 1 aliphatic heterocycles. The molecule has 0 amide bonds. The summed E-state index contributed by atoms with van der Waals surface area (Å²) in [6.07, 6.45) is 1.97. The number of rotatable bonds is 2. The SMILES string of the molecule is Cc1ccc2c(C3(c4ccccc4)Nc4ccccc4C3=O)c[nH]c2c1. The number of Topliss-reactive ketones (excluding diaryl/α,β-unsaturated/α-hetero) is 1. The van der Waals surface area contributed by atoms with Crippen molar-refractivity contribution in [3.8, 4) is 0 Å². The zero-order valence-electron chi connectivity index (χ0n) is 14.4. The van der Waals surface area contributed by atoms with Crippen LogP contribution in [0.15, 0.2) is 79.0 Å². The average Bonchev–Trinajstić information content (AvgIpc) is 3.22. The Morgan fingerprint density at radius 1 is 0.885 bits per heavy atom. The molecule has 1 aromatic heterocycles. The largest absolute Gasteiger partial charge is 0.365 e. The van der Waals surface area contributed by atoms with Gasteiger partial charge < -0.3 is 10.3 Å². The Morgan fingerprint density at radius 2 is 1.65 bits per heavy atom. The fourth-order valence-corrected chi connectivity index (χ4v) is 4.04. The van der Waals surface area contributed by atoms with Crippen molar-refractivity contribution in [3.63, 3.8) is 0 Å². The number of nitrogens with one attached hydrogen (secondary N) is 2. The van der Waals surface area contributed by atoms with Gasteiger partial charge in [-0.05, 0) is 36.2 Å². The minimum atomic E-state index is -0.918. The first kappa shape index (κ1) is 15.0. The third-order valence-corrected chi connectivity index (χ3v) is 5.28. The number of anilines is 1. The molecule has 3 heteroatoms. The Morgan fingerprint density at radius 3 is 2.46 bits per heavy atom. The van der Waals surface area contributed by atoms with Crippen LogP contribution in [-0.2, 0) is 5.54 Å². The van der Waals surface area contributed by atoms with Gasteiger partial charge in [-0.3, -0.25) is 4.79 Å². The molecule has 3 nitrogen and oxygen atoms in total. The predicted octanol–water partition coefficient (Wildman–Crippen LogP) is 5.03. The standard InChI is InChI=1S/C23H18N2O/c1-15-11-12-17-19(14-24-21(17)13-15)23(16-7-3-2-4-8-16)22(26)18-9-5-6-10-20(18)25-23/h2-14,24-25H,1H3. The van der Waals surface area contributed by atoms with Crippen molar-refractivity contribution in [2.45, 2.75) is 12.5 Å². The van der Waals surface area contributed by atoms with E-state index < -0.39 is 5.54 Å². The summed E-state index contributed by atoms with van der Waals surface area (Å²) in [5, 5.41) is 4.62. The summed E-state index contributed by atoms with van der Waals surface area (Å²) in [4.78, 5) is 17.0. The van der Waals surface area contributed by atoms with Gasteiger partial charge >= 0.3 is 0 Å². The van der Waals surface area contributed by atoms with Crippen molar-refractivity contribution in [3.05, 3.63) is 101 Å². The van der Waals surface area contributed by atoms with Gasteiger partial charge in [-0.2, -0.15) is 0 Å². The molecule has 2 heterocycles. The number of H-pyrrole nitrogens is 1. The predicted molar refractivity (Wildman–Crippen MR) is 105 cm³/mol. The molecule has 126 valence electrons. The van der Waals surface area contributed by atoms with Crippen LogP contribution < -0.4 is 5.32 Å². The van der Waals surface area contributed by atoms with E-state index >= 15 is 0 Å². The molecule has 0 fully saturated rings. The Bertz CT molecular complexity index is 1140. The lowest BCUT2D eigenvalue weighted by atomic mass is 9.79. The molecular weight excluding hydrogens is 320 g/mol. The highest BCUT2D eigenvalue weighted by molar-refractivity contribution is 6.17. The molecule has 0 bridgehead atoms. The van der Waals surface area contributed by atoms with Gasteiger partial charge in [0.05, 0.1) is 0 Å². The minimum Gasteiger partial charge on any atom is -0.365 e. The van der Waals surface area contributed by atoms with Gasteiger partial charge in [-0.15, -0.1) is 0 Å². The maximum atomic E-state index is 13.7. The summed E-state index contributed by atoms with van der Waals surface area (Å²) in [5.74, 6) is 0.0841. The number of aromatic nitrogens is 1. The molecule has 0 radical (unpaired) electrons. The molecule has 0 saturated carbocycles. The molecule has 3 aromatic carbocycles. The van der Waals surface area contributed by atoms with Crippen LogP contribution in [-0.4, -0.2) is 10.8 Å². The molecule has 4 aromatic rings. The van der Waals surface area contributed by atoms with Gasteiger partial charge in [0.1, 0.15) is 0 Å². The van der Waals surface area contributed by atoms with E-state index in [-0.39, 0.29) is 5.78 Å². The van der Waals surface area contributed by atoms with E-state index in [1.807, 2.05) is 60.8 Å². The van der Waals surface area contributed by atoms with E-state index in [2.05, 4.69) is 35.4 Å². The summed E-state index contributed by atoms with van der Waals surface area (Å²) in [6.45, 7) is 2.07. The number of para-hydroxylation sites is 1. The molecule has 26 heavy (non-hydrogen) atoms. The molecule has 0 spiro atoms. The summed E-state index contributed by atoms with van der Waals surface area (Å²) in [6, 6.07) is 24.0. The number of ketones is 1. The van der Waals surface area contributed by atoms with Gasteiger partial charge in [0.25, 0.3) is 0 Å². The van der Waals surface area contributed by atoms with Crippen LogP contribution in [0.1, 0.15) is 27.0 Å². The molecule has 2 N–H and O–H groups in total. The van der Waals surface area contributed by atoms with Crippen molar-refractivity contribution < 1.29 is 4.79 Å². The van der Waals surface area contributed by atoms with Gasteiger partial charge in [0.2, 0.25) is 0 Å². The molecule has 1 atom stereocenters. The Kier molecular flexibility index (Phi) is 3.07. The summed E-state index contributed by atoms with van der Waals surface area (Å²) in [7, 11) is 0. The Labute approximate surface area is 151 Å². The molecule has 1 aliphatic rings. The molecule has 0 aliphatic carbocycles. The first-order valence-electron chi connectivity index (χ1n) is 8.76. The summed E-state index contributed by atoms with van der Waals surface area (Å²) in [5.41, 5.74) is 4.83. The van der Waals surface area contributed by atoms with E-state index in [0.29, 0.717) is 0 Å². The number of aromatic amines is 1. The van der Waals surface area contributed by atoms with Crippen LogP contribution in [0.3, 0.4) is 0 Å². The van der Waals surface area contributed by atoms with Crippen molar-refractivity contribution in [1.29, 1.82) is 0 Å². The number of hydrogen-bond donors (Lipinski definition) is 2. The zero-order valence-corrected chi connectivity index (χ0v) is 14.4. The van der Waals surface area contributed by atoms with Crippen molar-refractivity contribution in [1.82, 2.24) is 4.98 Å². The van der Waals surface area contributed by atoms with Crippen molar-refractivity contribution >= 4 is 22.4 Å². The van der Waals surface area contributed by atoms with Crippen LogP contribution in [0.5, 0.6) is 0 Å². The number of carbonyl (C=O) groups excluding carboxylic acids is 1. The van der Waals surface area contributed by atoms with Crippen molar-refractivity contribution in [2.24, 2.45) is 0 Å². The highest BCUT2D eigenvalue weighted by Gasteiger charge is 2.49. The van der Waals surface area contributed by atoms with Gasteiger partial charge in [0.15, 0.2) is 11.3 Å². The minimum absolute atomic E-state index is 0.0841. The number of carbonyl (C=O) groups is 1. The smallest absolute Gasteiger partial charge is 0.199 e. The van der Waals surface area contributed by atoms with Crippen LogP contribution in [0.2, 0.25) is 0 Å². The normalized spacial score (nSPS) is 18.7. The third kappa shape index (κ3) is 1.91. The Hall–Kier alpha value is -3.33. The van der Waals surface area contributed by atoms with Gasteiger partial charge in [-0.25, -0.2) is 0 Å². The number of fused-ring (bicyclic) bond motifs is 2. The fourth-order valence-electron chi connectivity index (χ4n) is 4.04. The topological polar surface area (TPSA) is 44.9 Å². The maximum absolute atomic E-state index is 13.7. The lowest BCUT2D eigenvalue weighted by molar-refractivity contribution is 0.0941. The second-order valence-electron chi connectivity index (χ2n) is 6.87. The number of hydrogen-bond acceptors (Lipinski definition) is 2. The number of benzene rings is 3. The third-order valence-electron chi connectivity index (χ3n) is 5.28. The fraction of sp³-hybridized carbons (Fsp3) is 0.0870. The molecule has 5 rings (SSSR count). The van der Waals surface area contributed by atoms with Crippen LogP contribution in [0.25, 0.3) is 10.9 Å². The highest BCUT2D eigenvalue weighted by atomic mass is 16.1. The first-order chi connectivity index (χ1) is 12.7. The quantitative estimate of drug-likeness (QED) is 0.538. The Balaban J connectivity index is 1.83. The monoisotopic (exact) mass is 338 g/mol. The lowest BCUT2D eigenvalue weighted by Gasteiger charge is -2.29. The van der Waals surface area contributed by atoms with E-state index in [1.54, 1.807) is 0 Å². The lowest BCUT2D eigenvalue weighted by Crippen LogP contribution is -2.39. The van der Waals surface area contributed by atoms with Crippen LogP contribution in [0, 0.1) is 6.92 Å². The second kappa shape index (κ2) is 5.33. The first-order valence-corrected chi connectivity index (χ1v) is 8.76. The van der Waals surface area contributed by atoms with Gasteiger partial charge in [0, 0.05) is 33.9 Å². The zero-order chi connectivity index (χ0) is 17.7. The molecule has 0 saturated heterocycles. The van der Waals surface area contributed by atoms with Gasteiger partial charge in [-0.1, -0.05) is 54.6 Å². The average molecular weight is 338 g/mol. The van der Waals surface area contributed by atoms with E-state index in [4.69, 9.17) is 0 Å². The van der Waals surface area contributed by atoms with E-state index in [9.17, 15) is 4.79 Å². The maximum Gasteiger partial charge on any atom is 0.199 e. The van der Waals surface area contributed by atoms with E-state index in [0.717, 1.165) is 33.3 Å². The second-order valence-corrected chi connectivity index (χ2v) is 6.87. The van der Waals surface area contributed by atoms with Crippen LogP contribution in [0.4, 0.5) is 5.69 Å². The molecule has 1 unspecified atom stereocenters. The summed E-state index contributed by atoms with van der Waals surface area (Å²) >= 11 is 0. The van der Waals surface area contributed by atoms with Crippen LogP contribution >= 0.6 is 0 Å². The molecular formula is C23H18N2O. The van der Waals surface area contributed by atoms with E-state index in [1.165, 1.54) is 5.56 Å². The number of aryl methyl sites for hydroxylation is 1.